The number of rotatable bonds is 3. The first-order valence-corrected chi connectivity index (χ1v) is 5.99. The van der Waals surface area contributed by atoms with Crippen LogP contribution >= 0.6 is 0 Å². The van der Waals surface area contributed by atoms with Crippen LogP contribution in [0.4, 0.5) is 5.69 Å². The fraction of sp³-hybridized carbons (Fsp3) is 0.308. The van der Waals surface area contributed by atoms with E-state index >= 15 is 0 Å². The van der Waals surface area contributed by atoms with Gasteiger partial charge in [-0.05, 0) is 26.0 Å². The number of aryl methyl sites for hydroxylation is 2. The van der Waals surface area contributed by atoms with Crippen molar-refractivity contribution in [2.75, 3.05) is 5.32 Å². The van der Waals surface area contributed by atoms with Crippen LogP contribution in [0, 0.1) is 13.8 Å². The van der Waals surface area contributed by atoms with Crippen molar-refractivity contribution in [1.29, 1.82) is 0 Å². The minimum absolute atomic E-state index is 0.184. The van der Waals surface area contributed by atoms with Crippen LogP contribution in [0.1, 0.15) is 27.4 Å². The van der Waals surface area contributed by atoms with Crippen LogP contribution < -0.4 is 11.1 Å². The highest BCUT2D eigenvalue weighted by molar-refractivity contribution is 6.04. The Morgan fingerprint density at radius 1 is 1.47 bits per heavy atom. The number of nitrogens with two attached hydrogens (primary N) is 1. The molecule has 3 N–H and O–H groups in total. The number of aromatic nitrogens is 3. The molecule has 2 aromatic rings. The van der Waals surface area contributed by atoms with Gasteiger partial charge in [0.05, 0.1) is 22.8 Å². The molecule has 1 amide bonds. The summed E-state index contributed by atoms with van der Waals surface area (Å²) in [5.74, 6) is -0.184. The SMILES string of the molecule is Cc1nn(C)c(C)c1NC(=O)c1ccnc(CN)c1. The highest BCUT2D eigenvalue weighted by Crippen LogP contribution is 2.19. The van der Waals surface area contributed by atoms with E-state index in [1.165, 1.54) is 0 Å². The van der Waals surface area contributed by atoms with Gasteiger partial charge in [-0.25, -0.2) is 0 Å². The maximum absolute atomic E-state index is 12.2. The Labute approximate surface area is 111 Å². The van der Waals surface area contributed by atoms with E-state index in [9.17, 15) is 4.79 Å². The van der Waals surface area contributed by atoms with E-state index in [0.29, 0.717) is 17.8 Å². The number of hydrogen-bond donors (Lipinski definition) is 2. The predicted molar refractivity (Wildman–Crippen MR) is 72.8 cm³/mol. The van der Waals surface area contributed by atoms with Crippen LogP contribution in [0.2, 0.25) is 0 Å². The molecular weight excluding hydrogens is 242 g/mol. The Balaban J connectivity index is 2.25. The lowest BCUT2D eigenvalue weighted by Gasteiger charge is -2.06. The molecule has 0 atom stereocenters. The molecule has 100 valence electrons. The minimum atomic E-state index is -0.184. The Morgan fingerprint density at radius 3 is 2.79 bits per heavy atom. The molecule has 6 heteroatoms. The molecular formula is C13H17N5O. The lowest BCUT2D eigenvalue weighted by molar-refractivity contribution is 0.102. The summed E-state index contributed by atoms with van der Waals surface area (Å²) in [6, 6.07) is 3.35. The second-order valence-electron chi connectivity index (χ2n) is 4.36. The fourth-order valence-electron chi connectivity index (χ4n) is 1.87. The summed E-state index contributed by atoms with van der Waals surface area (Å²) >= 11 is 0. The van der Waals surface area contributed by atoms with E-state index in [0.717, 1.165) is 17.1 Å². The van der Waals surface area contributed by atoms with E-state index in [1.54, 1.807) is 23.0 Å². The van der Waals surface area contributed by atoms with Crippen LogP contribution in [0.5, 0.6) is 0 Å². The van der Waals surface area contributed by atoms with Crippen LogP contribution in [0.3, 0.4) is 0 Å². The molecule has 2 aromatic heterocycles. The molecule has 0 aliphatic heterocycles. The minimum Gasteiger partial charge on any atom is -0.325 e. The quantitative estimate of drug-likeness (QED) is 0.865. The van der Waals surface area contributed by atoms with E-state index in [4.69, 9.17) is 5.73 Å². The summed E-state index contributed by atoms with van der Waals surface area (Å²) in [5.41, 5.74) is 9.20. The van der Waals surface area contributed by atoms with E-state index in [2.05, 4.69) is 15.4 Å². The average Bonchev–Trinajstić information content (AvgIpc) is 2.65. The van der Waals surface area contributed by atoms with Gasteiger partial charge in [-0.15, -0.1) is 0 Å². The maximum Gasteiger partial charge on any atom is 0.255 e. The molecule has 0 aliphatic carbocycles. The molecule has 0 unspecified atom stereocenters. The van der Waals surface area contributed by atoms with Gasteiger partial charge < -0.3 is 11.1 Å². The van der Waals surface area contributed by atoms with Crippen molar-refractivity contribution in [3.8, 4) is 0 Å². The van der Waals surface area contributed by atoms with Crippen molar-refractivity contribution in [2.45, 2.75) is 20.4 Å². The van der Waals surface area contributed by atoms with Crippen molar-refractivity contribution in [2.24, 2.45) is 12.8 Å². The molecule has 0 fully saturated rings. The van der Waals surface area contributed by atoms with Gasteiger partial charge in [-0.3, -0.25) is 14.5 Å². The van der Waals surface area contributed by atoms with E-state index in [-0.39, 0.29) is 5.91 Å². The lowest BCUT2D eigenvalue weighted by Crippen LogP contribution is -2.14. The highest BCUT2D eigenvalue weighted by Gasteiger charge is 2.14. The van der Waals surface area contributed by atoms with Crippen molar-refractivity contribution in [3.05, 3.63) is 41.0 Å². The largest absolute Gasteiger partial charge is 0.325 e. The van der Waals surface area contributed by atoms with Gasteiger partial charge in [0.2, 0.25) is 0 Å². The van der Waals surface area contributed by atoms with E-state index < -0.39 is 0 Å². The Bertz CT molecular complexity index is 617. The summed E-state index contributed by atoms with van der Waals surface area (Å²) in [6.45, 7) is 4.08. The van der Waals surface area contributed by atoms with Gasteiger partial charge in [0.1, 0.15) is 0 Å². The summed E-state index contributed by atoms with van der Waals surface area (Å²) < 4.78 is 1.74. The van der Waals surface area contributed by atoms with Crippen LogP contribution in [0.25, 0.3) is 0 Å². The van der Waals surface area contributed by atoms with Crippen molar-refractivity contribution in [1.82, 2.24) is 14.8 Å². The molecule has 0 spiro atoms. The number of anilines is 1. The maximum atomic E-state index is 12.2. The smallest absolute Gasteiger partial charge is 0.255 e. The van der Waals surface area contributed by atoms with Crippen LogP contribution in [0.15, 0.2) is 18.3 Å². The number of nitrogens with zero attached hydrogens (tertiary/aromatic N) is 3. The summed E-state index contributed by atoms with van der Waals surface area (Å²) in [6.07, 6.45) is 1.58. The van der Waals surface area contributed by atoms with Gasteiger partial charge >= 0.3 is 0 Å². The Morgan fingerprint density at radius 2 is 2.21 bits per heavy atom. The molecule has 0 bridgehead atoms. The zero-order valence-electron chi connectivity index (χ0n) is 11.3. The lowest BCUT2D eigenvalue weighted by atomic mass is 10.2. The van der Waals surface area contributed by atoms with Gasteiger partial charge in [0.25, 0.3) is 5.91 Å². The predicted octanol–water partition coefficient (Wildman–Crippen LogP) is 1.14. The first kappa shape index (κ1) is 13.2. The molecule has 0 saturated heterocycles. The second kappa shape index (κ2) is 5.19. The Kier molecular flexibility index (Phi) is 3.62. The molecule has 6 nitrogen and oxygen atoms in total. The zero-order chi connectivity index (χ0) is 14.0. The van der Waals surface area contributed by atoms with Gasteiger partial charge in [-0.2, -0.15) is 5.10 Å². The third-order valence-electron chi connectivity index (χ3n) is 3.04. The number of hydrogen-bond acceptors (Lipinski definition) is 4. The molecule has 19 heavy (non-hydrogen) atoms. The van der Waals surface area contributed by atoms with E-state index in [1.807, 2.05) is 20.9 Å². The monoisotopic (exact) mass is 259 g/mol. The number of carbonyl (C=O) groups is 1. The van der Waals surface area contributed by atoms with Crippen LogP contribution in [-0.2, 0) is 13.6 Å². The third kappa shape index (κ3) is 2.63. The number of nitrogens with one attached hydrogen (secondary N) is 1. The van der Waals surface area contributed by atoms with Gasteiger partial charge in [0.15, 0.2) is 0 Å². The van der Waals surface area contributed by atoms with Gasteiger partial charge in [0, 0.05) is 25.4 Å². The van der Waals surface area contributed by atoms with Gasteiger partial charge in [-0.1, -0.05) is 0 Å². The Hall–Kier alpha value is -2.21. The topological polar surface area (TPSA) is 85.8 Å². The number of carbonyl (C=O) groups excluding carboxylic acids is 1. The number of pyridine rings is 1. The fourth-order valence-corrected chi connectivity index (χ4v) is 1.87. The molecule has 2 heterocycles. The summed E-state index contributed by atoms with van der Waals surface area (Å²) in [4.78, 5) is 16.2. The van der Waals surface area contributed by atoms with Crippen molar-refractivity contribution in [3.63, 3.8) is 0 Å². The zero-order valence-corrected chi connectivity index (χ0v) is 11.3. The highest BCUT2D eigenvalue weighted by atomic mass is 16.1. The second-order valence-corrected chi connectivity index (χ2v) is 4.36. The molecule has 0 radical (unpaired) electrons. The number of amides is 1. The normalized spacial score (nSPS) is 10.5. The molecule has 0 saturated carbocycles. The van der Waals surface area contributed by atoms with Crippen LogP contribution in [-0.4, -0.2) is 20.7 Å². The van der Waals surface area contributed by atoms with Crippen molar-refractivity contribution < 1.29 is 4.79 Å². The molecule has 0 aliphatic rings. The standard InChI is InChI=1S/C13H17N5O/c1-8-12(9(2)18(3)17-8)16-13(19)10-4-5-15-11(6-10)7-14/h4-6H,7,14H2,1-3H3,(H,16,19). The third-order valence-corrected chi connectivity index (χ3v) is 3.04. The summed E-state index contributed by atoms with van der Waals surface area (Å²) in [5, 5.41) is 7.14. The first-order chi connectivity index (χ1) is 9.02. The average molecular weight is 259 g/mol. The summed E-state index contributed by atoms with van der Waals surface area (Å²) in [7, 11) is 1.84. The molecule has 0 aromatic carbocycles. The molecule has 2 rings (SSSR count). The first-order valence-electron chi connectivity index (χ1n) is 5.99. The van der Waals surface area contributed by atoms with Crippen molar-refractivity contribution >= 4 is 11.6 Å².